The van der Waals surface area contributed by atoms with Crippen LogP contribution in [0.5, 0.6) is 5.88 Å². The molecule has 0 aromatic carbocycles. The van der Waals surface area contributed by atoms with Crippen molar-refractivity contribution in [3.8, 4) is 5.88 Å². The van der Waals surface area contributed by atoms with Crippen LogP contribution in [0, 0.1) is 0 Å². The van der Waals surface area contributed by atoms with Crippen LogP contribution in [0.3, 0.4) is 0 Å². The van der Waals surface area contributed by atoms with Gasteiger partial charge in [0.25, 0.3) is 0 Å². The number of hydrogen-bond donors (Lipinski definition) is 0. The third-order valence-corrected chi connectivity index (χ3v) is 4.21. The molecule has 24 heavy (non-hydrogen) atoms. The molecule has 7 heteroatoms. The highest BCUT2D eigenvalue weighted by atomic mass is 16.7. The van der Waals surface area contributed by atoms with Crippen molar-refractivity contribution in [2.45, 2.75) is 65.3 Å². The lowest BCUT2D eigenvalue weighted by Gasteiger charge is -2.32. The molecule has 6 nitrogen and oxygen atoms in total. The Bertz CT molecular complexity index is 620. The van der Waals surface area contributed by atoms with E-state index in [0.717, 1.165) is 0 Å². The highest BCUT2D eigenvalue weighted by Crippen LogP contribution is 2.36. The Labute approximate surface area is 144 Å². The average molecular weight is 335 g/mol. The largest absolute Gasteiger partial charge is 0.496 e. The Morgan fingerprint density at radius 2 is 1.71 bits per heavy atom. The van der Waals surface area contributed by atoms with Crippen LogP contribution in [0.2, 0.25) is 0 Å². The fraction of sp³-hybridized carbons (Fsp3) is 0.647. The smallest absolute Gasteiger partial charge is 0.480 e. The van der Waals surface area contributed by atoms with Crippen molar-refractivity contribution in [3.05, 3.63) is 17.8 Å². The number of hydrogen-bond acceptors (Lipinski definition) is 6. The van der Waals surface area contributed by atoms with Gasteiger partial charge in [-0.15, -0.1) is 0 Å². The van der Waals surface area contributed by atoms with Gasteiger partial charge in [-0.05, 0) is 54.5 Å². The van der Waals surface area contributed by atoms with Crippen LogP contribution in [0.25, 0.3) is 0 Å². The molecule has 0 spiro atoms. The first-order valence-electron chi connectivity index (χ1n) is 7.99. The summed E-state index contributed by atoms with van der Waals surface area (Å²) >= 11 is 0. The highest BCUT2D eigenvalue weighted by Gasteiger charge is 2.52. The molecule has 1 aromatic rings. The summed E-state index contributed by atoms with van der Waals surface area (Å²) in [4.78, 5) is 16.6. The molecular formula is C17H26BNO5. The van der Waals surface area contributed by atoms with Gasteiger partial charge in [-0.1, -0.05) is 0 Å². The maximum absolute atomic E-state index is 12.4. The lowest BCUT2D eigenvalue weighted by Crippen LogP contribution is -2.41. The summed E-state index contributed by atoms with van der Waals surface area (Å²) in [5, 5.41) is 0. The van der Waals surface area contributed by atoms with Crippen molar-refractivity contribution in [2.24, 2.45) is 0 Å². The molecule has 1 saturated heterocycles. The molecule has 1 fully saturated rings. The van der Waals surface area contributed by atoms with E-state index >= 15 is 0 Å². The van der Waals surface area contributed by atoms with Gasteiger partial charge >= 0.3 is 13.1 Å². The lowest BCUT2D eigenvalue weighted by atomic mass is 9.79. The van der Waals surface area contributed by atoms with Gasteiger partial charge in [0, 0.05) is 11.7 Å². The molecule has 0 N–H and O–H groups in total. The van der Waals surface area contributed by atoms with Crippen molar-refractivity contribution in [3.63, 3.8) is 0 Å². The number of rotatable bonds is 3. The first-order chi connectivity index (χ1) is 10.9. The van der Waals surface area contributed by atoms with Crippen molar-refractivity contribution < 1.29 is 23.6 Å². The van der Waals surface area contributed by atoms with E-state index in [1.54, 1.807) is 12.3 Å². The normalized spacial score (nSPS) is 19.2. The Morgan fingerprint density at radius 3 is 2.17 bits per heavy atom. The average Bonchev–Trinajstić information content (AvgIpc) is 2.65. The maximum atomic E-state index is 12.4. The number of ether oxygens (including phenoxy) is 2. The van der Waals surface area contributed by atoms with E-state index in [-0.39, 0.29) is 11.4 Å². The maximum Gasteiger partial charge on any atom is 0.496 e. The van der Waals surface area contributed by atoms with Crippen molar-refractivity contribution in [1.29, 1.82) is 0 Å². The minimum atomic E-state index is -0.609. The summed E-state index contributed by atoms with van der Waals surface area (Å²) in [7, 11) is 0.861. The first kappa shape index (κ1) is 18.7. The third-order valence-electron chi connectivity index (χ3n) is 4.21. The van der Waals surface area contributed by atoms with Crippen molar-refractivity contribution in [1.82, 2.24) is 4.98 Å². The van der Waals surface area contributed by atoms with E-state index in [1.807, 2.05) is 48.5 Å². The topological polar surface area (TPSA) is 66.9 Å². The highest BCUT2D eigenvalue weighted by molar-refractivity contribution is 6.62. The number of pyridine rings is 1. The van der Waals surface area contributed by atoms with Crippen LogP contribution < -0.4 is 10.2 Å². The number of methoxy groups -OCH3 is 1. The second-order valence-electron chi connectivity index (χ2n) is 7.92. The van der Waals surface area contributed by atoms with E-state index in [0.29, 0.717) is 5.46 Å². The van der Waals surface area contributed by atoms with Crippen LogP contribution in [0.4, 0.5) is 0 Å². The number of aromatic nitrogens is 1. The number of carbonyl (C=O) groups is 1. The van der Waals surface area contributed by atoms with Gasteiger partial charge in [-0.25, -0.2) is 9.78 Å². The summed E-state index contributed by atoms with van der Waals surface area (Å²) in [6.07, 6.45) is 1.59. The molecular weight excluding hydrogens is 309 g/mol. The standard InChI is InChI=1S/C17H26BNO5/c1-15(2,3)22-14(20)12-9-11(10-19-13(12)21-8)18-23-16(4,5)17(6,7)24-18/h9-10H,1-8H3. The Morgan fingerprint density at radius 1 is 1.17 bits per heavy atom. The number of esters is 1. The first-order valence-corrected chi connectivity index (χ1v) is 7.99. The molecule has 0 bridgehead atoms. The second kappa shape index (κ2) is 6.04. The number of nitrogens with zero attached hydrogens (tertiary/aromatic N) is 1. The number of carbonyl (C=O) groups excluding carboxylic acids is 1. The van der Waals surface area contributed by atoms with E-state index < -0.39 is 29.9 Å². The fourth-order valence-electron chi connectivity index (χ4n) is 2.22. The lowest BCUT2D eigenvalue weighted by molar-refractivity contribution is 0.00578. The van der Waals surface area contributed by atoms with Crippen LogP contribution >= 0.6 is 0 Å². The van der Waals surface area contributed by atoms with E-state index in [9.17, 15) is 4.79 Å². The second-order valence-corrected chi connectivity index (χ2v) is 7.92. The summed E-state index contributed by atoms with van der Waals surface area (Å²) in [5.74, 6) is -0.283. The monoisotopic (exact) mass is 335 g/mol. The van der Waals surface area contributed by atoms with Gasteiger partial charge in [0.1, 0.15) is 11.2 Å². The Balaban J connectivity index is 2.35. The summed E-state index contributed by atoms with van der Waals surface area (Å²) in [5.41, 5.74) is -0.648. The molecule has 2 rings (SSSR count). The molecule has 0 radical (unpaired) electrons. The van der Waals surface area contributed by atoms with Crippen LogP contribution in [-0.4, -0.2) is 42.0 Å². The van der Waals surface area contributed by atoms with E-state index in [4.69, 9.17) is 18.8 Å². The van der Waals surface area contributed by atoms with Crippen molar-refractivity contribution in [2.75, 3.05) is 7.11 Å². The van der Waals surface area contributed by atoms with Crippen LogP contribution in [0.1, 0.15) is 58.8 Å². The predicted octanol–water partition coefficient (Wildman–Crippen LogP) is 2.34. The van der Waals surface area contributed by atoms with Gasteiger partial charge in [0.2, 0.25) is 5.88 Å². The molecule has 0 atom stereocenters. The summed E-state index contributed by atoms with van der Waals surface area (Å²) < 4.78 is 22.6. The zero-order valence-electron chi connectivity index (χ0n) is 15.7. The predicted molar refractivity (Wildman–Crippen MR) is 91.7 cm³/mol. The van der Waals surface area contributed by atoms with Gasteiger partial charge < -0.3 is 18.8 Å². The Hall–Kier alpha value is -1.60. The quantitative estimate of drug-likeness (QED) is 0.624. The minimum absolute atomic E-state index is 0.213. The SMILES string of the molecule is COc1ncc(B2OC(C)(C)C(C)(C)O2)cc1C(=O)OC(C)(C)C. The summed E-state index contributed by atoms with van der Waals surface area (Å²) in [6, 6.07) is 1.65. The van der Waals surface area contributed by atoms with Gasteiger partial charge in [-0.2, -0.15) is 0 Å². The molecule has 0 unspecified atom stereocenters. The zero-order valence-corrected chi connectivity index (χ0v) is 15.7. The summed E-state index contributed by atoms with van der Waals surface area (Å²) in [6.45, 7) is 13.3. The fourth-order valence-corrected chi connectivity index (χ4v) is 2.22. The Kier molecular flexibility index (Phi) is 4.72. The van der Waals surface area contributed by atoms with Gasteiger partial charge in [0.05, 0.1) is 18.3 Å². The van der Waals surface area contributed by atoms with Gasteiger partial charge in [-0.3, -0.25) is 0 Å². The zero-order chi connectivity index (χ0) is 18.3. The van der Waals surface area contributed by atoms with Crippen LogP contribution in [-0.2, 0) is 14.0 Å². The van der Waals surface area contributed by atoms with E-state index in [2.05, 4.69) is 4.98 Å². The third kappa shape index (κ3) is 3.73. The minimum Gasteiger partial charge on any atom is -0.480 e. The molecule has 132 valence electrons. The molecule has 2 heterocycles. The molecule has 1 aromatic heterocycles. The molecule has 1 aliphatic rings. The molecule has 0 aliphatic carbocycles. The van der Waals surface area contributed by atoms with Crippen LogP contribution in [0.15, 0.2) is 12.3 Å². The molecule has 0 amide bonds. The van der Waals surface area contributed by atoms with E-state index in [1.165, 1.54) is 7.11 Å². The van der Waals surface area contributed by atoms with Crippen molar-refractivity contribution >= 4 is 18.6 Å². The molecule has 0 saturated carbocycles. The molecule has 1 aliphatic heterocycles. The van der Waals surface area contributed by atoms with Gasteiger partial charge in [0.15, 0.2) is 0 Å².